The number of hydrogen-bond acceptors (Lipinski definition) is 2. The number of rotatable bonds is 7. The van der Waals surface area contributed by atoms with E-state index in [9.17, 15) is 4.79 Å². The summed E-state index contributed by atoms with van der Waals surface area (Å²) in [5, 5.41) is 9.37. The number of hydrogen-bond donors (Lipinski definition) is 3. The third-order valence-electron chi connectivity index (χ3n) is 4.64. The van der Waals surface area contributed by atoms with Crippen LogP contribution in [0.5, 0.6) is 0 Å². The van der Waals surface area contributed by atoms with Crippen molar-refractivity contribution in [3.63, 3.8) is 0 Å². The number of halogens is 1. The van der Waals surface area contributed by atoms with Gasteiger partial charge in [-0.25, -0.2) is 0 Å². The third kappa shape index (κ3) is 6.82. The molecule has 0 bridgehead atoms. The number of aliphatic imine (C=N–C) groups is 1. The van der Waals surface area contributed by atoms with E-state index in [0.717, 1.165) is 0 Å². The number of nitrogens with one attached hydrogen (secondary N) is 3. The Morgan fingerprint density at radius 3 is 1.89 bits per heavy atom. The zero-order chi connectivity index (χ0) is 19.7. The molecule has 2 rings (SSSR count). The lowest BCUT2D eigenvalue weighted by molar-refractivity contribution is -0.128. The first kappa shape index (κ1) is 23.9. The molecule has 0 aliphatic carbocycles. The lowest BCUT2D eigenvalue weighted by atomic mass is 9.91. The predicted molar refractivity (Wildman–Crippen MR) is 127 cm³/mol. The zero-order valence-corrected chi connectivity index (χ0v) is 19.4. The fraction of sp³-hybridized carbons (Fsp3) is 0.364. The quantitative estimate of drug-likeness (QED) is 0.314. The maximum absolute atomic E-state index is 12.0. The lowest BCUT2D eigenvalue weighted by Crippen LogP contribution is -2.47. The van der Waals surface area contributed by atoms with Gasteiger partial charge in [0, 0.05) is 33.1 Å². The fourth-order valence-corrected chi connectivity index (χ4v) is 2.94. The molecule has 0 radical (unpaired) electrons. The van der Waals surface area contributed by atoms with Crippen LogP contribution in [0.15, 0.2) is 65.7 Å². The van der Waals surface area contributed by atoms with Crippen LogP contribution >= 0.6 is 24.0 Å². The van der Waals surface area contributed by atoms with E-state index < -0.39 is 5.41 Å². The summed E-state index contributed by atoms with van der Waals surface area (Å²) in [6.07, 6.45) is 0. The molecule has 0 aliphatic heterocycles. The number of carbonyl (C=O) groups is 1. The third-order valence-corrected chi connectivity index (χ3v) is 4.64. The van der Waals surface area contributed by atoms with Gasteiger partial charge in [-0.3, -0.25) is 9.79 Å². The van der Waals surface area contributed by atoms with Crippen LogP contribution in [0.25, 0.3) is 0 Å². The minimum atomic E-state index is -0.523. The van der Waals surface area contributed by atoms with Gasteiger partial charge in [0.25, 0.3) is 0 Å². The number of amides is 1. The van der Waals surface area contributed by atoms with Crippen LogP contribution in [0, 0.1) is 5.41 Å². The monoisotopic (exact) mass is 494 g/mol. The number of benzene rings is 2. The second-order valence-electron chi connectivity index (χ2n) is 7.14. The van der Waals surface area contributed by atoms with Crippen molar-refractivity contribution in [2.45, 2.75) is 19.8 Å². The summed E-state index contributed by atoms with van der Waals surface area (Å²) in [5.74, 6) is 0.888. The molecule has 28 heavy (non-hydrogen) atoms. The second-order valence-corrected chi connectivity index (χ2v) is 7.14. The Kier molecular flexibility index (Phi) is 9.99. The van der Waals surface area contributed by atoms with Gasteiger partial charge < -0.3 is 16.0 Å². The van der Waals surface area contributed by atoms with Crippen molar-refractivity contribution in [1.29, 1.82) is 0 Å². The van der Waals surface area contributed by atoms with E-state index in [1.165, 1.54) is 11.1 Å². The molecule has 0 aliphatic rings. The summed E-state index contributed by atoms with van der Waals surface area (Å²) in [5.41, 5.74) is 1.97. The highest BCUT2D eigenvalue weighted by Gasteiger charge is 2.26. The van der Waals surface area contributed by atoms with Gasteiger partial charge in [-0.05, 0) is 25.0 Å². The van der Waals surface area contributed by atoms with Crippen molar-refractivity contribution in [1.82, 2.24) is 16.0 Å². The minimum Gasteiger partial charge on any atom is -0.359 e. The molecule has 2 aromatic rings. The Labute approximate surface area is 185 Å². The second kappa shape index (κ2) is 11.7. The van der Waals surface area contributed by atoms with E-state index in [1.54, 1.807) is 14.1 Å². The van der Waals surface area contributed by atoms with Gasteiger partial charge in [-0.15, -0.1) is 24.0 Å². The van der Waals surface area contributed by atoms with E-state index >= 15 is 0 Å². The fourth-order valence-electron chi connectivity index (χ4n) is 2.94. The SMILES string of the molecule is CN=C(NCC(c1ccccc1)c1ccccc1)NCC(C)(C)C(=O)NC.I. The van der Waals surface area contributed by atoms with E-state index in [0.29, 0.717) is 19.0 Å². The van der Waals surface area contributed by atoms with Crippen molar-refractivity contribution < 1.29 is 4.79 Å². The summed E-state index contributed by atoms with van der Waals surface area (Å²) < 4.78 is 0. The smallest absolute Gasteiger partial charge is 0.227 e. The minimum absolute atomic E-state index is 0. The van der Waals surface area contributed by atoms with Gasteiger partial charge in [0.05, 0.1) is 5.41 Å². The maximum atomic E-state index is 12.0. The number of guanidine groups is 1. The standard InChI is InChI=1S/C22H30N4O.HI/c1-22(2,20(27)23-3)16-26-21(24-4)25-15-19(17-11-7-5-8-12-17)18-13-9-6-10-14-18;/h5-14,19H,15-16H2,1-4H3,(H,23,27)(H2,24,25,26);1H. The van der Waals surface area contributed by atoms with Crippen molar-refractivity contribution >= 4 is 35.8 Å². The molecular formula is C22H31IN4O. The molecule has 3 N–H and O–H groups in total. The van der Waals surface area contributed by atoms with Crippen molar-refractivity contribution in [2.24, 2.45) is 10.4 Å². The van der Waals surface area contributed by atoms with Crippen LogP contribution in [0.4, 0.5) is 0 Å². The van der Waals surface area contributed by atoms with Gasteiger partial charge >= 0.3 is 0 Å². The molecule has 0 saturated heterocycles. The normalized spacial score (nSPS) is 11.5. The maximum Gasteiger partial charge on any atom is 0.227 e. The van der Waals surface area contributed by atoms with Crippen LogP contribution in [-0.2, 0) is 4.79 Å². The van der Waals surface area contributed by atoms with Crippen LogP contribution < -0.4 is 16.0 Å². The molecular weight excluding hydrogens is 463 g/mol. The Hall–Kier alpha value is -2.09. The summed E-state index contributed by atoms with van der Waals surface area (Å²) in [7, 11) is 3.39. The van der Waals surface area contributed by atoms with Gasteiger partial charge in [0.15, 0.2) is 5.96 Å². The molecule has 0 unspecified atom stereocenters. The molecule has 0 heterocycles. The molecule has 2 aromatic carbocycles. The van der Waals surface area contributed by atoms with E-state index in [-0.39, 0.29) is 35.8 Å². The summed E-state index contributed by atoms with van der Waals surface area (Å²) in [6.45, 7) is 5.01. The largest absolute Gasteiger partial charge is 0.359 e. The molecule has 0 aromatic heterocycles. The highest BCUT2D eigenvalue weighted by Crippen LogP contribution is 2.23. The summed E-state index contributed by atoms with van der Waals surface area (Å²) >= 11 is 0. The average Bonchev–Trinajstić information content (AvgIpc) is 2.71. The molecule has 152 valence electrons. The van der Waals surface area contributed by atoms with Crippen LogP contribution in [0.1, 0.15) is 30.9 Å². The average molecular weight is 494 g/mol. The molecule has 0 atom stereocenters. The first-order chi connectivity index (χ1) is 13.0. The molecule has 0 saturated carbocycles. The van der Waals surface area contributed by atoms with Gasteiger partial charge in [-0.1, -0.05) is 60.7 Å². The zero-order valence-electron chi connectivity index (χ0n) is 17.0. The topological polar surface area (TPSA) is 65.5 Å². The van der Waals surface area contributed by atoms with Crippen molar-refractivity contribution in [3.05, 3.63) is 71.8 Å². The molecule has 5 nitrogen and oxygen atoms in total. The van der Waals surface area contributed by atoms with E-state index in [2.05, 4.69) is 69.5 Å². The lowest BCUT2D eigenvalue weighted by Gasteiger charge is -2.25. The van der Waals surface area contributed by atoms with Crippen LogP contribution in [0.2, 0.25) is 0 Å². The van der Waals surface area contributed by atoms with Crippen molar-refractivity contribution in [3.8, 4) is 0 Å². The van der Waals surface area contributed by atoms with Crippen LogP contribution in [-0.4, -0.2) is 39.1 Å². The Morgan fingerprint density at radius 1 is 0.964 bits per heavy atom. The van der Waals surface area contributed by atoms with Crippen molar-refractivity contribution in [2.75, 3.05) is 27.2 Å². The molecule has 0 spiro atoms. The van der Waals surface area contributed by atoms with E-state index in [1.807, 2.05) is 26.0 Å². The highest BCUT2D eigenvalue weighted by molar-refractivity contribution is 14.0. The molecule has 0 fully saturated rings. The Balaban J connectivity index is 0.00000392. The summed E-state index contributed by atoms with van der Waals surface area (Å²) in [6, 6.07) is 20.9. The number of nitrogens with zero attached hydrogens (tertiary/aromatic N) is 1. The predicted octanol–water partition coefficient (Wildman–Crippen LogP) is 3.37. The van der Waals surface area contributed by atoms with Crippen LogP contribution in [0.3, 0.4) is 0 Å². The van der Waals surface area contributed by atoms with E-state index in [4.69, 9.17) is 0 Å². The van der Waals surface area contributed by atoms with Gasteiger partial charge in [0.2, 0.25) is 5.91 Å². The molecule has 6 heteroatoms. The molecule has 1 amide bonds. The Bertz CT molecular complexity index is 708. The highest BCUT2D eigenvalue weighted by atomic mass is 127. The first-order valence-electron chi connectivity index (χ1n) is 9.24. The Morgan fingerprint density at radius 2 is 1.46 bits per heavy atom. The van der Waals surface area contributed by atoms with Gasteiger partial charge in [0.1, 0.15) is 0 Å². The summed E-state index contributed by atoms with van der Waals surface area (Å²) in [4.78, 5) is 16.3. The first-order valence-corrected chi connectivity index (χ1v) is 9.24. The number of carbonyl (C=O) groups excluding carboxylic acids is 1. The van der Waals surface area contributed by atoms with Gasteiger partial charge in [-0.2, -0.15) is 0 Å².